The minimum absolute atomic E-state index is 0.0925. The number of anilines is 1. The summed E-state index contributed by atoms with van der Waals surface area (Å²) in [6.07, 6.45) is 0.118. The van der Waals surface area contributed by atoms with Gasteiger partial charge < -0.3 is 5.32 Å². The van der Waals surface area contributed by atoms with Crippen LogP contribution in [0.2, 0.25) is 0 Å². The first-order valence-corrected chi connectivity index (χ1v) is 10.5. The van der Waals surface area contributed by atoms with E-state index in [0.717, 1.165) is 33.6 Å². The van der Waals surface area contributed by atoms with Crippen molar-refractivity contribution in [3.63, 3.8) is 0 Å². The smallest absolute Gasteiger partial charge is 0.242 e. The monoisotopic (exact) mass is 409 g/mol. The van der Waals surface area contributed by atoms with E-state index in [1.807, 2.05) is 58.0 Å². The molecule has 3 rings (SSSR count). The first kappa shape index (κ1) is 21.1. The molecule has 1 aliphatic rings. The third-order valence-electron chi connectivity index (χ3n) is 5.17. The summed E-state index contributed by atoms with van der Waals surface area (Å²) < 4.78 is 0. The van der Waals surface area contributed by atoms with E-state index in [2.05, 4.69) is 17.2 Å². The highest BCUT2D eigenvalue weighted by molar-refractivity contribution is 8.15. The normalized spacial score (nSPS) is 17.9. The predicted octanol–water partition coefficient (Wildman–Crippen LogP) is 4.82. The number of hydrogen-bond donors (Lipinski definition) is 1. The molecule has 0 bridgehead atoms. The van der Waals surface area contributed by atoms with Crippen LogP contribution in [0.4, 0.5) is 11.4 Å². The van der Waals surface area contributed by atoms with Gasteiger partial charge in [0.2, 0.25) is 11.8 Å². The van der Waals surface area contributed by atoms with Crippen molar-refractivity contribution >= 4 is 40.1 Å². The number of rotatable bonds is 4. The molecule has 2 aromatic carbocycles. The van der Waals surface area contributed by atoms with E-state index < -0.39 is 5.25 Å². The molecule has 0 spiro atoms. The zero-order chi connectivity index (χ0) is 21.3. The summed E-state index contributed by atoms with van der Waals surface area (Å²) >= 11 is 1.35. The fourth-order valence-corrected chi connectivity index (χ4v) is 4.59. The highest BCUT2D eigenvalue weighted by atomic mass is 32.2. The molecule has 0 saturated carbocycles. The van der Waals surface area contributed by atoms with Crippen molar-refractivity contribution in [1.29, 1.82) is 0 Å². The maximum absolute atomic E-state index is 12.6. The number of hydrogen-bond acceptors (Lipinski definition) is 4. The van der Waals surface area contributed by atoms with Gasteiger partial charge in [-0.1, -0.05) is 35.5 Å². The van der Waals surface area contributed by atoms with Crippen LogP contribution < -0.4 is 5.32 Å². The first-order valence-electron chi connectivity index (χ1n) is 9.63. The van der Waals surface area contributed by atoms with Crippen LogP contribution in [-0.2, 0) is 9.59 Å². The lowest BCUT2D eigenvalue weighted by Gasteiger charge is -2.14. The summed E-state index contributed by atoms with van der Waals surface area (Å²) in [5.74, 6) is -0.253. The number of amidine groups is 1. The maximum Gasteiger partial charge on any atom is 0.242 e. The molecule has 1 fully saturated rings. The summed E-state index contributed by atoms with van der Waals surface area (Å²) in [5, 5.41) is 3.15. The van der Waals surface area contributed by atoms with Gasteiger partial charge in [0.1, 0.15) is 5.25 Å². The van der Waals surface area contributed by atoms with Crippen LogP contribution in [0.25, 0.3) is 0 Å². The average molecular weight is 410 g/mol. The average Bonchev–Trinajstić information content (AvgIpc) is 2.89. The zero-order valence-electron chi connectivity index (χ0n) is 17.8. The Balaban J connectivity index is 1.72. The molecule has 1 saturated heterocycles. The number of carbonyl (C=O) groups is 2. The molecule has 0 radical (unpaired) electrons. The zero-order valence-corrected chi connectivity index (χ0v) is 18.6. The van der Waals surface area contributed by atoms with E-state index in [-0.39, 0.29) is 18.2 Å². The number of benzene rings is 2. The first-order chi connectivity index (χ1) is 13.7. The van der Waals surface area contributed by atoms with Crippen molar-refractivity contribution in [1.82, 2.24) is 4.90 Å². The third kappa shape index (κ3) is 4.70. The van der Waals surface area contributed by atoms with E-state index in [1.54, 1.807) is 11.9 Å². The Labute approximate surface area is 176 Å². The standard InChI is InChI=1S/C23H27N3O2S/c1-13-9-16(4)21(17(5)10-13)25-20(27)12-19-22(28)26(6)23(29-19)24-18-8-7-14(2)15(3)11-18/h7-11,19H,12H2,1-6H3,(H,25,27)/t19-/m0/s1. The Morgan fingerprint density at radius 2 is 1.69 bits per heavy atom. The SMILES string of the molecule is Cc1cc(C)c(NC(=O)C[C@@H]2SC(=Nc3ccc(C)c(C)c3)N(C)C2=O)c(C)c1. The number of carbonyl (C=O) groups excluding carboxylic acids is 2. The summed E-state index contributed by atoms with van der Waals surface area (Å²) in [6, 6.07) is 10.1. The lowest BCUT2D eigenvalue weighted by atomic mass is 10.0. The molecule has 0 unspecified atom stereocenters. The molecule has 2 amide bonds. The molecular formula is C23H27N3O2S. The molecule has 2 aromatic rings. The molecule has 0 aromatic heterocycles. The summed E-state index contributed by atoms with van der Waals surface area (Å²) in [4.78, 5) is 31.4. The van der Waals surface area contributed by atoms with E-state index in [1.165, 1.54) is 17.3 Å². The van der Waals surface area contributed by atoms with Crippen LogP contribution in [-0.4, -0.2) is 34.2 Å². The number of aliphatic imine (C=N–C) groups is 1. The van der Waals surface area contributed by atoms with Crippen molar-refractivity contribution in [2.75, 3.05) is 12.4 Å². The van der Waals surface area contributed by atoms with Crippen LogP contribution in [0.3, 0.4) is 0 Å². The molecular weight excluding hydrogens is 382 g/mol. The van der Waals surface area contributed by atoms with Crippen LogP contribution in [0.15, 0.2) is 35.3 Å². The van der Waals surface area contributed by atoms with E-state index >= 15 is 0 Å². The van der Waals surface area contributed by atoms with Gasteiger partial charge >= 0.3 is 0 Å². The fraction of sp³-hybridized carbons (Fsp3) is 0.348. The van der Waals surface area contributed by atoms with Crippen LogP contribution >= 0.6 is 11.8 Å². The second-order valence-electron chi connectivity index (χ2n) is 7.69. The van der Waals surface area contributed by atoms with Crippen molar-refractivity contribution in [3.05, 3.63) is 58.1 Å². The number of thioether (sulfide) groups is 1. The molecule has 1 heterocycles. The fourth-order valence-electron chi connectivity index (χ4n) is 3.44. The Hall–Kier alpha value is -2.60. The number of amides is 2. The molecule has 1 atom stereocenters. The summed E-state index contributed by atoms with van der Waals surface area (Å²) in [6.45, 7) is 10.1. The van der Waals surface area contributed by atoms with Crippen LogP contribution in [0, 0.1) is 34.6 Å². The lowest BCUT2D eigenvalue weighted by molar-refractivity contribution is -0.127. The Bertz CT molecular complexity index is 990. The van der Waals surface area contributed by atoms with Gasteiger partial charge in [0, 0.05) is 19.2 Å². The second-order valence-corrected chi connectivity index (χ2v) is 8.86. The van der Waals surface area contributed by atoms with Crippen molar-refractivity contribution in [3.8, 4) is 0 Å². The Morgan fingerprint density at radius 3 is 2.31 bits per heavy atom. The molecule has 152 valence electrons. The molecule has 1 aliphatic heterocycles. The van der Waals surface area contributed by atoms with Crippen molar-refractivity contribution < 1.29 is 9.59 Å². The Morgan fingerprint density at radius 1 is 1.03 bits per heavy atom. The van der Waals surface area contributed by atoms with Gasteiger partial charge in [0.25, 0.3) is 0 Å². The second kappa shape index (κ2) is 8.41. The van der Waals surface area contributed by atoms with Gasteiger partial charge in [-0.25, -0.2) is 4.99 Å². The number of nitrogens with one attached hydrogen (secondary N) is 1. The molecule has 5 nitrogen and oxygen atoms in total. The number of aryl methyl sites for hydroxylation is 5. The van der Waals surface area contributed by atoms with Gasteiger partial charge in [-0.15, -0.1) is 0 Å². The van der Waals surface area contributed by atoms with Gasteiger partial charge in [-0.05, 0) is 69.0 Å². The van der Waals surface area contributed by atoms with Crippen molar-refractivity contribution in [2.45, 2.75) is 46.3 Å². The van der Waals surface area contributed by atoms with E-state index in [9.17, 15) is 9.59 Å². The quantitative estimate of drug-likeness (QED) is 0.788. The van der Waals surface area contributed by atoms with Gasteiger partial charge in [-0.2, -0.15) is 0 Å². The molecule has 1 N–H and O–H groups in total. The molecule has 6 heteroatoms. The van der Waals surface area contributed by atoms with Gasteiger partial charge in [-0.3, -0.25) is 14.5 Å². The topological polar surface area (TPSA) is 61.8 Å². The maximum atomic E-state index is 12.6. The lowest BCUT2D eigenvalue weighted by Crippen LogP contribution is -2.30. The summed E-state index contributed by atoms with van der Waals surface area (Å²) in [5.41, 5.74) is 7.20. The van der Waals surface area contributed by atoms with Gasteiger partial charge in [0.05, 0.1) is 5.69 Å². The van der Waals surface area contributed by atoms with Crippen LogP contribution in [0.5, 0.6) is 0 Å². The largest absolute Gasteiger partial charge is 0.326 e. The van der Waals surface area contributed by atoms with E-state index in [0.29, 0.717) is 5.17 Å². The van der Waals surface area contributed by atoms with Gasteiger partial charge in [0.15, 0.2) is 5.17 Å². The highest BCUT2D eigenvalue weighted by Crippen LogP contribution is 2.31. The van der Waals surface area contributed by atoms with Crippen molar-refractivity contribution in [2.24, 2.45) is 4.99 Å². The highest BCUT2D eigenvalue weighted by Gasteiger charge is 2.37. The summed E-state index contributed by atoms with van der Waals surface area (Å²) in [7, 11) is 1.71. The number of nitrogens with zero attached hydrogens (tertiary/aromatic N) is 2. The third-order valence-corrected chi connectivity index (χ3v) is 6.40. The molecule has 0 aliphatic carbocycles. The molecule has 29 heavy (non-hydrogen) atoms. The predicted molar refractivity (Wildman–Crippen MR) is 121 cm³/mol. The van der Waals surface area contributed by atoms with E-state index in [4.69, 9.17) is 0 Å². The van der Waals surface area contributed by atoms with Crippen LogP contribution in [0.1, 0.15) is 34.2 Å². The minimum Gasteiger partial charge on any atom is -0.326 e. The Kier molecular flexibility index (Phi) is 6.13. The minimum atomic E-state index is -0.462.